The van der Waals surface area contributed by atoms with Crippen molar-refractivity contribution in [3.8, 4) is 0 Å². The van der Waals surface area contributed by atoms with Gasteiger partial charge in [0, 0.05) is 18.4 Å². The molecule has 0 spiro atoms. The number of rotatable bonds is 4. The molecular weight excluding hydrogens is 381 g/mol. The fraction of sp³-hybridized carbons (Fsp3) is 0.304. The van der Waals surface area contributed by atoms with E-state index >= 15 is 0 Å². The molecule has 3 aromatic rings. The Balaban J connectivity index is 1.44. The molecule has 1 aliphatic heterocycles. The standard InChI is InChI=1S/C23H22FN5O/c24-16-4-6-17(7-5-16)27-22(30)23(11-2-12-23)20-9-8-19-18(28-20)3-1-14-29(19)21-10-13-25-15-26-21/h4-10,13,15H,1-3,11-12,14H2,(H,27,30). The maximum Gasteiger partial charge on any atom is 0.236 e. The Hall–Kier alpha value is -3.35. The van der Waals surface area contributed by atoms with Crippen LogP contribution in [0.2, 0.25) is 0 Å². The van der Waals surface area contributed by atoms with E-state index in [0.29, 0.717) is 5.69 Å². The topological polar surface area (TPSA) is 71.0 Å². The zero-order valence-corrected chi connectivity index (χ0v) is 16.5. The summed E-state index contributed by atoms with van der Waals surface area (Å²) in [7, 11) is 0. The number of pyridine rings is 1. The first-order valence-corrected chi connectivity index (χ1v) is 10.3. The predicted octanol–water partition coefficient (Wildman–Crippen LogP) is 4.16. The lowest BCUT2D eigenvalue weighted by molar-refractivity contribution is -0.124. The van der Waals surface area contributed by atoms with Crippen molar-refractivity contribution in [2.75, 3.05) is 16.8 Å². The molecule has 0 bridgehead atoms. The van der Waals surface area contributed by atoms with Gasteiger partial charge in [-0.25, -0.2) is 14.4 Å². The highest BCUT2D eigenvalue weighted by Crippen LogP contribution is 2.45. The molecule has 30 heavy (non-hydrogen) atoms. The minimum Gasteiger partial charge on any atom is -0.325 e. The third-order valence-corrected chi connectivity index (χ3v) is 6.11. The van der Waals surface area contributed by atoms with E-state index in [9.17, 15) is 9.18 Å². The van der Waals surface area contributed by atoms with Gasteiger partial charge in [-0.15, -0.1) is 0 Å². The van der Waals surface area contributed by atoms with Gasteiger partial charge in [0.05, 0.1) is 22.5 Å². The number of carbonyl (C=O) groups is 1. The van der Waals surface area contributed by atoms with Crippen LogP contribution in [0.15, 0.2) is 55.0 Å². The molecule has 0 saturated heterocycles. The van der Waals surface area contributed by atoms with Crippen LogP contribution < -0.4 is 10.2 Å². The van der Waals surface area contributed by atoms with Crippen molar-refractivity contribution in [2.24, 2.45) is 0 Å². The number of nitrogens with one attached hydrogen (secondary N) is 1. The molecule has 6 nitrogen and oxygen atoms in total. The van der Waals surface area contributed by atoms with E-state index in [-0.39, 0.29) is 11.7 Å². The SMILES string of the molecule is O=C(Nc1ccc(F)cc1)C1(c2ccc3c(n2)CCCN3c2ccncn2)CCC1. The summed E-state index contributed by atoms with van der Waals surface area (Å²) in [6.07, 6.45) is 7.66. The molecule has 0 unspecified atom stereocenters. The molecule has 5 rings (SSSR count). The number of anilines is 3. The lowest BCUT2D eigenvalue weighted by Crippen LogP contribution is -2.47. The number of aryl methyl sites for hydroxylation is 1. The van der Waals surface area contributed by atoms with Crippen molar-refractivity contribution in [3.05, 3.63) is 72.2 Å². The average Bonchev–Trinajstić information content (AvgIpc) is 2.75. The monoisotopic (exact) mass is 403 g/mol. The molecule has 1 fully saturated rings. The van der Waals surface area contributed by atoms with Crippen molar-refractivity contribution >= 4 is 23.1 Å². The summed E-state index contributed by atoms with van der Waals surface area (Å²) in [4.78, 5) is 28.7. The maximum absolute atomic E-state index is 13.2. The van der Waals surface area contributed by atoms with Gasteiger partial charge < -0.3 is 10.2 Å². The second-order valence-corrected chi connectivity index (χ2v) is 7.88. The Morgan fingerprint density at radius 1 is 1.07 bits per heavy atom. The molecule has 1 saturated carbocycles. The number of fused-ring (bicyclic) bond motifs is 1. The quantitative estimate of drug-likeness (QED) is 0.708. The van der Waals surface area contributed by atoms with Crippen LogP contribution >= 0.6 is 0 Å². The zero-order chi connectivity index (χ0) is 20.6. The van der Waals surface area contributed by atoms with Crippen LogP contribution in [0.4, 0.5) is 21.6 Å². The molecule has 0 atom stereocenters. The second-order valence-electron chi connectivity index (χ2n) is 7.88. The predicted molar refractivity (Wildman–Crippen MR) is 112 cm³/mol. The van der Waals surface area contributed by atoms with E-state index < -0.39 is 5.41 Å². The Kier molecular flexibility index (Phi) is 4.65. The summed E-state index contributed by atoms with van der Waals surface area (Å²) in [5.41, 5.74) is 2.83. The molecule has 1 aliphatic carbocycles. The molecule has 7 heteroatoms. The summed E-state index contributed by atoms with van der Waals surface area (Å²) >= 11 is 0. The van der Waals surface area contributed by atoms with Gasteiger partial charge in [-0.3, -0.25) is 9.78 Å². The number of hydrogen-bond acceptors (Lipinski definition) is 5. The third-order valence-electron chi connectivity index (χ3n) is 6.11. The second kappa shape index (κ2) is 7.48. The van der Waals surface area contributed by atoms with Crippen LogP contribution in [-0.4, -0.2) is 27.4 Å². The Morgan fingerprint density at radius 3 is 2.60 bits per heavy atom. The summed E-state index contributed by atoms with van der Waals surface area (Å²) in [5.74, 6) is 0.458. The highest BCUT2D eigenvalue weighted by molar-refractivity contribution is 5.99. The average molecular weight is 403 g/mol. The van der Waals surface area contributed by atoms with Crippen molar-refractivity contribution < 1.29 is 9.18 Å². The maximum atomic E-state index is 13.2. The molecule has 1 aromatic carbocycles. The van der Waals surface area contributed by atoms with E-state index in [1.807, 2.05) is 12.1 Å². The van der Waals surface area contributed by atoms with Crippen molar-refractivity contribution in [1.82, 2.24) is 15.0 Å². The lowest BCUT2D eigenvalue weighted by Gasteiger charge is -2.40. The fourth-order valence-corrected chi connectivity index (χ4v) is 4.31. The normalized spacial score (nSPS) is 17.0. The van der Waals surface area contributed by atoms with E-state index in [0.717, 1.165) is 61.5 Å². The molecule has 2 aliphatic rings. The Morgan fingerprint density at radius 2 is 1.90 bits per heavy atom. The zero-order valence-electron chi connectivity index (χ0n) is 16.5. The van der Waals surface area contributed by atoms with Crippen molar-refractivity contribution in [2.45, 2.75) is 37.5 Å². The molecule has 2 aromatic heterocycles. The minimum atomic E-state index is -0.624. The molecule has 152 valence electrons. The summed E-state index contributed by atoms with van der Waals surface area (Å²) in [5, 5.41) is 2.95. The number of aromatic nitrogens is 3. The first-order chi connectivity index (χ1) is 14.7. The lowest BCUT2D eigenvalue weighted by atomic mass is 9.65. The van der Waals surface area contributed by atoms with Crippen LogP contribution in [0.25, 0.3) is 0 Å². The van der Waals surface area contributed by atoms with E-state index in [1.54, 1.807) is 24.7 Å². The minimum absolute atomic E-state index is 0.0729. The number of benzene rings is 1. The van der Waals surface area contributed by atoms with E-state index in [1.165, 1.54) is 12.1 Å². The Labute approximate surface area is 174 Å². The summed E-state index contributed by atoms with van der Waals surface area (Å²) in [6, 6.07) is 11.8. The molecule has 1 amide bonds. The molecular formula is C23H22FN5O. The third kappa shape index (κ3) is 3.20. The fourth-order valence-electron chi connectivity index (χ4n) is 4.31. The van der Waals surface area contributed by atoms with Gasteiger partial charge in [0.1, 0.15) is 18.0 Å². The van der Waals surface area contributed by atoms with Gasteiger partial charge in [-0.2, -0.15) is 0 Å². The largest absolute Gasteiger partial charge is 0.325 e. The first kappa shape index (κ1) is 18.7. The van der Waals surface area contributed by atoms with Gasteiger partial charge in [-0.1, -0.05) is 6.42 Å². The number of carbonyl (C=O) groups excluding carboxylic acids is 1. The number of amides is 1. The van der Waals surface area contributed by atoms with Gasteiger partial charge in [-0.05, 0) is 68.1 Å². The van der Waals surface area contributed by atoms with Gasteiger partial charge in [0.2, 0.25) is 5.91 Å². The van der Waals surface area contributed by atoms with Crippen LogP contribution in [0.1, 0.15) is 37.1 Å². The number of hydrogen-bond donors (Lipinski definition) is 1. The summed E-state index contributed by atoms with van der Waals surface area (Å²) in [6.45, 7) is 0.876. The molecule has 3 heterocycles. The van der Waals surface area contributed by atoms with Crippen LogP contribution in [0.5, 0.6) is 0 Å². The molecule has 1 N–H and O–H groups in total. The highest BCUT2D eigenvalue weighted by Gasteiger charge is 2.47. The van der Waals surface area contributed by atoms with Crippen molar-refractivity contribution in [1.29, 1.82) is 0 Å². The molecule has 0 radical (unpaired) electrons. The van der Waals surface area contributed by atoms with Gasteiger partial charge in [0.25, 0.3) is 0 Å². The number of halogens is 1. The van der Waals surface area contributed by atoms with E-state index in [4.69, 9.17) is 4.98 Å². The van der Waals surface area contributed by atoms with E-state index in [2.05, 4.69) is 26.3 Å². The van der Waals surface area contributed by atoms with Gasteiger partial charge in [0.15, 0.2) is 0 Å². The Bertz CT molecular complexity index is 1070. The van der Waals surface area contributed by atoms with Crippen molar-refractivity contribution in [3.63, 3.8) is 0 Å². The number of nitrogens with zero attached hydrogens (tertiary/aromatic N) is 4. The summed E-state index contributed by atoms with van der Waals surface area (Å²) < 4.78 is 13.2. The highest BCUT2D eigenvalue weighted by atomic mass is 19.1. The van der Waals surface area contributed by atoms with Crippen LogP contribution in [0, 0.1) is 5.82 Å². The van der Waals surface area contributed by atoms with Gasteiger partial charge >= 0.3 is 0 Å². The first-order valence-electron chi connectivity index (χ1n) is 10.3. The van der Waals surface area contributed by atoms with Crippen LogP contribution in [0.3, 0.4) is 0 Å². The smallest absolute Gasteiger partial charge is 0.236 e. The van der Waals surface area contributed by atoms with Crippen LogP contribution in [-0.2, 0) is 16.6 Å².